The van der Waals surface area contributed by atoms with Gasteiger partial charge in [-0.15, -0.1) is 0 Å². The molecule has 0 aliphatic carbocycles. The monoisotopic (exact) mass is 384 g/mol. The number of aromatic nitrogens is 4. The van der Waals surface area contributed by atoms with Gasteiger partial charge in [-0.25, -0.2) is 9.97 Å². The normalized spacial score (nSPS) is 15.2. The molecule has 6 nitrogen and oxygen atoms in total. The van der Waals surface area contributed by atoms with Crippen LogP contribution >= 0.6 is 11.6 Å². The van der Waals surface area contributed by atoms with E-state index < -0.39 is 0 Å². The highest BCUT2D eigenvalue weighted by Gasteiger charge is 2.24. The number of piperazine rings is 1. The predicted octanol–water partition coefficient (Wildman–Crippen LogP) is 3.78. The molecule has 3 aromatic rings. The van der Waals surface area contributed by atoms with Gasteiger partial charge in [0.05, 0.1) is 5.69 Å². The minimum Gasteiger partial charge on any atom is -0.368 e. The van der Waals surface area contributed by atoms with Crippen LogP contribution in [-0.4, -0.2) is 45.9 Å². The number of aryl methyl sites for hydroxylation is 2. The Morgan fingerprint density at radius 2 is 1.74 bits per heavy atom. The maximum Gasteiger partial charge on any atom is 0.158 e. The molecule has 0 bridgehead atoms. The third-order valence-corrected chi connectivity index (χ3v) is 5.35. The number of hydrogen-bond donors (Lipinski definition) is 0. The fourth-order valence-corrected chi connectivity index (χ4v) is 3.84. The van der Waals surface area contributed by atoms with Gasteiger partial charge in [0.25, 0.3) is 0 Å². The molecule has 4 rings (SSSR count). The van der Waals surface area contributed by atoms with E-state index in [0.29, 0.717) is 0 Å². The Hall–Kier alpha value is -2.34. The lowest BCUT2D eigenvalue weighted by Crippen LogP contribution is -2.47. The molecule has 0 saturated carbocycles. The Morgan fingerprint density at radius 1 is 1.04 bits per heavy atom. The first-order chi connectivity index (χ1) is 12.9. The van der Waals surface area contributed by atoms with Crippen LogP contribution < -0.4 is 9.80 Å². The van der Waals surface area contributed by atoms with Gasteiger partial charge in [-0.1, -0.05) is 31.5 Å². The largest absolute Gasteiger partial charge is 0.368 e. The first kappa shape index (κ1) is 18.0. The predicted molar refractivity (Wildman–Crippen MR) is 111 cm³/mol. The standard InChI is InChI=1S/C20H25ClN6/c1-13(2)19-22-17-14(3)24-25(4)18(17)20(23-19)27-10-8-26(9-11-27)16-7-5-6-15(21)12-16/h5-7,12-13H,8-11H2,1-4H3. The molecule has 2 aromatic heterocycles. The van der Waals surface area contributed by atoms with E-state index in [0.717, 1.165) is 59.6 Å². The molecule has 3 heterocycles. The zero-order chi connectivity index (χ0) is 19.1. The molecule has 142 valence electrons. The van der Waals surface area contributed by atoms with Gasteiger partial charge in [0.15, 0.2) is 5.82 Å². The van der Waals surface area contributed by atoms with Gasteiger partial charge < -0.3 is 9.80 Å². The SMILES string of the molecule is Cc1nn(C)c2c(N3CCN(c4cccc(Cl)c4)CC3)nc(C(C)C)nc12. The molecule has 27 heavy (non-hydrogen) atoms. The van der Waals surface area contributed by atoms with Crippen molar-refractivity contribution in [3.63, 3.8) is 0 Å². The maximum atomic E-state index is 6.16. The van der Waals surface area contributed by atoms with Gasteiger partial charge in [-0.3, -0.25) is 4.68 Å². The van der Waals surface area contributed by atoms with Crippen LogP contribution in [-0.2, 0) is 7.05 Å². The molecule has 1 fully saturated rings. The van der Waals surface area contributed by atoms with Crippen molar-refractivity contribution in [2.75, 3.05) is 36.0 Å². The van der Waals surface area contributed by atoms with E-state index in [2.05, 4.69) is 34.8 Å². The summed E-state index contributed by atoms with van der Waals surface area (Å²) >= 11 is 6.16. The average molecular weight is 385 g/mol. The van der Waals surface area contributed by atoms with Crippen LogP contribution in [0.4, 0.5) is 11.5 Å². The Kier molecular flexibility index (Phi) is 4.68. The summed E-state index contributed by atoms with van der Waals surface area (Å²) < 4.78 is 1.91. The molecular formula is C20H25ClN6. The van der Waals surface area contributed by atoms with E-state index in [1.54, 1.807) is 0 Å². The van der Waals surface area contributed by atoms with Crippen LogP contribution in [0.2, 0.25) is 5.02 Å². The second kappa shape index (κ2) is 7.00. The zero-order valence-corrected chi connectivity index (χ0v) is 17.0. The highest BCUT2D eigenvalue weighted by atomic mass is 35.5. The summed E-state index contributed by atoms with van der Waals surface area (Å²) in [7, 11) is 1.97. The number of rotatable bonds is 3. The summed E-state index contributed by atoms with van der Waals surface area (Å²) in [6.07, 6.45) is 0. The first-order valence-corrected chi connectivity index (χ1v) is 9.78. The van der Waals surface area contributed by atoms with Crippen LogP contribution in [0.15, 0.2) is 24.3 Å². The summed E-state index contributed by atoms with van der Waals surface area (Å²) in [4.78, 5) is 14.4. The van der Waals surface area contributed by atoms with E-state index >= 15 is 0 Å². The fraction of sp³-hybridized carbons (Fsp3) is 0.450. The van der Waals surface area contributed by atoms with Crippen molar-refractivity contribution >= 4 is 34.1 Å². The summed E-state index contributed by atoms with van der Waals surface area (Å²) in [6, 6.07) is 8.07. The minimum atomic E-state index is 0.278. The summed E-state index contributed by atoms with van der Waals surface area (Å²) in [6.45, 7) is 9.95. The van der Waals surface area contributed by atoms with E-state index in [9.17, 15) is 0 Å². The number of nitrogens with zero attached hydrogens (tertiary/aromatic N) is 6. The van der Waals surface area contributed by atoms with Crippen molar-refractivity contribution in [2.24, 2.45) is 7.05 Å². The summed E-state index contributed by atoms with van der Waals surface area (Å²) in [5.74, 6) is 2.16. The van der Waals surface area contributed by atoms with Gasteiger partial charge in [0.1, 0.15) is 16.9 Å². The van der Waals surface area contributed by atoms with Gasteiger partial charge >= 0.3 is 0 Å². The van der Waals surface area contributed by atoms with E-state index in [4.69, 9.17) is 21.6 Å². The minimum absolute atomic E-state index is 0.278. The lowest BCUT2D eigenvalue weighted by atomic mass is 10.2. The molecule has 1 aromatic carbocycles. The summed E-state index contributed by atoms with van der Waals surface area (Å²) in [5, 5.41) is 5.36. The quantitative estimate of drug-likeness (QED) is 0.687. The molecule has 7 heteroatoms. The van der Waals surface area contributed by atoms with Gasteiger partial charge in [0, 0.05) is 49.9 Å². The first-order valence-electron chi connectivity index (χ1n) is 9.40. The highest BCUT2D eigenvalue weighted by molar-refractivity contribution is 6.30. The lowest BCUT2D eigenvalue weighted by Gasteiger charge is -2.37. The van der Waals surface area contributed by atoms with Crippen molar-refractivity contribution in [2.45, 2.75) is 26.7 Å². The second-order valence-electron chi connectivity index (χ2n) is 7.42. The van der Waals surface area contributed by atoms with Crippen LogP contribution in [0.5, 0.6) is 0 Å². The van der Waals surface area contributed by atoms with Gasteiger partial charge in [0.2, 0.25) is 0 Å². The molecule has 0 unspecified atom stereocenters. The van der Waals surface area contributed by atoms with Crippen molar-refractivity contribution in [3.05, 3.63) is 40.8 Å². The number of hydrogen-bond acceptors (Lipinski definition) is 5. The van der Waals surface area contributed by atoms with E-state index in [-0.39, 0.29) is 5.92 Å². The van der Waals surface area contributed by atoms with Crippen molar-refractivity contribution in [1.29, 1.82) is 0 Å². The highest BCUT2D eigenvalue weighted by Crippen LogP contribution is 2.29. The molecule has 0 radical (unpaired) electrons. The molecule has 0 spiro atoms. The van der Waals surface area contributed by atoms with E-state index in [1.165, 1.54) is 5.69 Å². The average Bonchev–Trinajstić information content (AvgIpc) is 2.95. The fourth-order valence-electron chi connectivity index (χ4n) is 3.66. The molecule has 0 N–H and O–H groups in total. The van der Waals surface area contributed by atoms with Crippen LogP contribution in [0.1, 0.15) is 31.3 Å². The van der Waals surface area contributed by atoms with Gasteiger partial charge in [-0.2, -0.15) is 5.10 Å². The topological polar surface area (TPSA) is 50.1 Å². The maximum absolute atomic E-state index is 6.16. The second-order valence-corrected chi connectivity index (χ2v) is 7.86. The number of fused-ring (bicyclic) bond motifs is 1. The van der Waals surface area contributed by atoms with Crippen LogP contribution in [0, 0.1) is 6.92 Å². The Bertz CT molecular complexity index is 972. The van der Waals surface area contributed by atoms with Crippen LogP contribution in [0.25, 0.3) is 11.0 Å². The Balaban J connectivity index is 1.65. The number of benzene rings is 1. The van der Waals surface area contributed by atoms with Crippen molar-refractivity contribution in [3.8, 4) is 0 Å². The summed E-state index contributed by atoms with van der Waals surface area (Å²) in [5.41, 5.74) is 4.11. The van der Waals surface area contributed by atoms with Gasteiger partial charge in [-0.05, 0) is 25.1 Å². The molecule has 0 amide bonds. The molecule has 1 aliphatic rings. The molecular weight excluding hydrogens is 360 g/mol. The number of anilines is 2. The third kappa shape index (κ3) is 3.34. The third-order valence-electron chi connectivity index (χ3n) is 5.12. The Morgan fingerprint density at radius 3 is 2.41 bits per heavy atom. The van der Waals surface area contributed by atoms with Crippen LogP contribution in [0.3, 0.4) is 0 Å². The lowest BCUT2D eigenvalue weighted by molar-refractivity contribution is 0.642. The molecule has 1 aliphatic heterocycles. The Labute approximate surface area is 164 Å². The van der Waals surface area contributed by atoms with Crippen molar-refractivity contribution in [1.82, 2.24) is 19.7 Å². The van der Waals surface area contributed by atoms with Crippen molar-refractivity contribution < 1.29 is 0 Å². The molecule has 1 saturated heterocycles. The van der Waals surface area contributed by atoms with E-state index in [1.807, 2.05) is 36.9 Å². The smallest absolute Gasteiger partial charge is 0.158 e. The zero-order valence-electron chi connectivity index (χ0n) is 16.3. The molecule has 0 atom stereocenters. The number of halogens is 1.